The lowest BCUT2D eigenvalue weighted by atomic mass is 9.83. The predicted octanol–water partition coefficient (Wildman–Crippen LogP) is 4.12. The highest BCUT2D eigenvalue weighted by Gasteiger charge is 2.64. The third kappa shape index (κ3) is 3.29. The van der Waals surface area contributed by atoms with Gasteiger partial charge in [0.1, 0.15) is 24.1 Å². The molecule has 2 heterocycles. The Bertz CT molecular complexity index is 1070. The van der Waals surface area contributed by atoms with Crippen LogP contribution >= 0.6 is 11.6 Å². The minimum Gasteiger partial charge on any atom is -0.372 e. The topological polar surface area (TPSA) is 73.0 Å². The fraction of sp³-hybridized carbons (Fsp3) is 0.200. The molecule has 2 aliphatic heterocycles. The normalized spacial score (nSPS) is 23.1. The number of nitrogens with zero attached hydrogens (tertiary/aromatic N) is 4. The fourth-order valence-corrected chi connectivity index (χ4v) is 3.66. The van der Waals surface area contributed by atoms with Crippen LogP contribution in [-0.2, 0) is 4.84 Å². The van der Waals surface area contributed by atoms with Crippen LogP contribution in [0.4, 0.5) is 18.9 Å². The van der Waals surface area contributed by atoms with Crippen molar-refractivity contribution in [3.05, 3.63) is 70.7 Å². The first kappa shape index (κ1) is 19.9. The second-order valence-electron chi connectivity index (χ2n) is 6.83. The molecule has 0 spiro atoms. The summed E-state index contributed by atoms with van der Waals surface area (Å²) in [7, 11) is 0. The van der Waals surface area contributed by atoms with E-state index >= 15 is 0 Å². The lowest BCUT2D eigenvalue weighted by molar-refractivity contribution is -0.251. The van der Waals surface area contributed by atoms with Gasteiger partial charge in [0.15, 0.2) is 0 Å². The zero-order chi connectivity index (χ0) is 21.5. The van der Waals surface area contributed by atoms with E-state index in [0.29, 0.717) is 23.5 Å². The van der Waals surface area contributed by atoms with Gasteiger partial charge in [0.2, 0.25) is 0 Å². The standard InChI is InChI=1S/C20H14ClF3N5O/c1-12-4-15(7-16(21)5-12)19(20(22,23)24)8-17(28-30-19)13-2-3-18(14(6-13)9-25)29-11-26-10-27-29/h2-7,10H,1,8,11H2,(H,26,27)/q+1. The molecule has 152 valence electrons. The molecule has 0 saturated heterocycles. The number of hydrazine groups is 1. The van der Waals surface area contributed by atoms with Crippen LogP contribution in [-0.4, -0.2) is 30.5 Å². The van der Waals surface area contributed by atoms with Gasteiger partial charge >= 0.3 is 6.18 Å². The van der Waals surface area contributed by atoms with E-state index in [4.69, 9.17) is 16.4 Å². The smallest absolute Gasteiger partial charge is 0.372 e. The summed E-state index contributed by atoms with van der Waals surface area (Å²) in [5.41, 5.74) is 1.59. The zero-order valence-electron chi connectivity index (χ0n) is 15.4. The fourth-order valence-electron chi connectivity index (χ4n) is 3.40. The van der Waals surface area contributed by atoms with Crippen molar-refractivity contribution in [1.82, 2.24) is 5.43 Å². The second kappa shape index (κ2) is 7.15. The van der Waals surface area contributed by atoms with Crippen molar-refractivity contribution in [3.63, 3.8) is 0 Å². The molecule has 0 fully saturated rings. The predicted molar refractivity (Wildman–Crippen MR) is 107 cm³/mol. The first-order chi connectivity index (χ1) is 14.2. The van der Waals surface area contributed by atoms with Gasteiger partial charge in [-0.3, -0.25) is 15.4 Å². The number of hydrogen-bond acceptors (Lipinski definition) is 6. The van der Waals surface area contributed by atoms with E-state index in [9.17, 15) is 18.4 Å². The monoisotopic (exact) mass is 432 g/mol. The maximum absolute atomic E-state index is 14.1. The molecule has 0 bridgehead atoms. The summed E-state index contributed by atoms with van der Waals surface area (Å²) < 4.78 is 42.4. The van der Waals surface area contributed by atoms with Crippen LogP contribution in [0, 0.1) is 17.8 Å². The molecule has 30 heavy (non-hydrogen) atoms. The number of anilines is 1. The van der Waals surface area contributed by atoms with Crippen LogP contribution in [0.2, 0.25) is 0 Å². The molecule has 1 aliphatic carbocycles. The molecule has 1 N–H and O–H groups in total. The average Bonchev–Trinajstić information content (AvgIpc) is 3.37. The van der Waals surface area contributed by atoms with Crippen LogP contribution < -0.4 is 10.4 Å². The van der Waals surface area contributed by atoms with Crippen LogP contribution in [0.5, 0.6) is 0 Å². The first-order valence-electron chi connectivity index (χ1n) is 8.75. The third-order valence-corrected chi connectivity index (χ3v) is 5.10. The number of rotatable bonds is 3. The van der Waals surface area contributed by atoms with Crippen LogP contribution in [0.25, 0.3) is 0 Å². The van der Waals surface area contributed by atoms with E-state index in [1.54, 1.807) is 17.1 Å². The van der Waals surface area contributed by atoms with Gasteiger partial charge in [-0.15, -0.1) is 0 Å². The summed E-state index contributed by atoms with van der Waals surface area (Å²) in [5.74, 6) is 0. The van der Waals surface area contributed by atoms with Crippen molar-refractivity contribution in [3.8, 4) is 6.07 Å². The summed E-state index contributed by atoms with van der Waals surface area (Å²) in [6.07, 6.45) is 0.102. The number of allylic oxidation sites excluding steroid dienone is 3. The lowest BCUT2D eigenvalue weighted by Crippen LogP contribution is -2.47. The Labute approximate surface area is 175 Å². The highest BCUT2D eigenvalue weighted by Crippen LogP contribution is 2.48. The summed E-state index contributed by atoms with van der Waals surface area (Å²) in [4.78, 5) is 9.03. The van der Waals surface area contributed by atoms with Crippen molar-refractivity contribution < 1.29 is 18.0 Å². The van der Waals surface area contributed by atoms with Gasteiger partial charge in [0.05, 0.1) is 34.5 Å². The second-order valence-corrected chi connectivity index (χ2v) is 7.27. The highest BCUT2D eigenvalue weighted by atomic mass is 35.5. The third-order valence-electron chi connectivity index (χ3n) is 4.88. The lowest BCUT2D eigenvalue weighted by Gasteiger charge is -2.29. The summed E-state index contributed by atoms with van der Waals surface area (Å²) >= 11 is 5.96. The molecule has 10 heteroatoms. The number of alkyl halides is 3. The number of aliphatic imine (C=N–C) groups is 1. The van der Waals surface area contributed by atoms with E-state index < -0.39 is 18.2 Å². The largest absolute Gasteiger partial charge is 0.437 e. The molecular formula is C20H14ClF3N5O+. The van der Waals surface area contributed by atoms with Gasteiger partial charge < -0.3 is 4.84 Å². The van der Waals surface area contributed by atoms with Crippen molar-refractivity contribution >= 4 is 29.3 Å². The van der Waals surface area contributed by atoms with E-state index in [2.05, 4.69) is 28.2 Å². The molecule has 0 amide bonds. The molecule has 1 atom stereocenters. The van der Waals surface area contributed by atoms with Gasteiger partial charge in [0.25, 0.3) is 5.60 Å². The van der Waals surface area contributed by atoms with Gasteiger partial charge in [-0.05, 0) is 18.7 Å². The first-order valence-corrected chi connectivity index (χ1v) is 9.13. The molecule has 6 nitrogen and oxygen atoms in total. The Balaban J connectivity index is 1.68. The van der Waals surface area contributed by atoms with E-state index in [0.717, 1.165) is 0 Å². The molecule has 4 rings (SSSR count). The van der Waals surface area contributed by atoms with E-state index in [1.807, 2.05) is 0 Å². The molecule has 1 unspecified atom stereocenters. The molecule has 0 radical (unpaired) electrons. The minimum atomic E-state index is -4.76. The molecular weight excluding hydrogens is 419 g/mol. The van der Waals surface area contributed by atoms with E-state index in [-0.39, 0.29) is 21.9 Å². The zero-order valence-corrected chi connectivity index (χ0v) is 16.1. The molecule has 1 aromatic rings. The Kier molecular flexibility index (Phi) is 4.74. The quantitative estimate of drug-likeness (QED) is 0.729. The Morgan fingerprint density at radius 3 is 2.80 bits per heavy atom. The van der Waals surface area contributed by atoms with Crippen molar-refractivity contribution in [2.24, 2.45) is 10.1 Å². The van der Waals surface area contributed by atoms with Crippen molar-refractivity contribution in [1.29, 1.82) is 5.26 Å². The number of nitrogens with one attached hydrogen (secondary N) is 1. The number of hydrogen-bond donors (Lipinski definition) is 1. The Morgan fingerprint density at radius 1 is 1.37 bits per heavy atom. The number of benzene rings is 1. The van der Waals surface area contributed by atoms with E-state index in [1.165, 1.54) is 31.0 Å². The van der Waals surface area contributed by atoms with Gasteiger partial charge in [-0.1, -0.05) is 22.8 Å². The van der Waals surface area contributed by atoms with Gasteiger partial charge in [0, 0.05) is 24.1 Å². The van der Waals surface area contributed by atoms with Crippen LogP contribution in [0.15, 0.2) is 63.3 Å². The molecule has 0 aromatic heterocycles. The Hall–Kier alpha value is -3.38. The highest BCUT2D eigenvalue weighted by molar-refractivity contribution is 6.31. The van der Waals surface area contributed by atoms with Crippen LogP contribution in [0.1, 0.15) is 17.5 Å². The van der Waals surface area contributed by atoms with Gasteiger partial charge in [-0.2, -0.15) is 18.4 Å². The van der Waals surface area contributed by atoms with Crippen molar-refractivity contribution in [2.75, 3.05) is 11.7 Å². The molecule has 1 aromatic carbocycles. The number of nitriles is 1. The van der Waals surface area contributed by atoms with Gasteiger partial charge in [-0.25, -0.2) is 0 Å². The summed E-state index contributed by atoms with van der Waals surface area (Å²) in [6, 6.07) is 6.75. The van der Waals surface area contributed by atoms with Crippen molar-refractivity contribution in [2.45, 2.75) is 18.2 Å². The average molecular weight is 433 g/mol. The maximum atomic E-state index is 14.1. The summed E-state index contributed by atoms with van der Waals surface area (Å²) in [5, 5.41) is 15.0. The molecule has 0 saturated carbocycles. The number of halogens is 4. The molecule has 3 aliphatic rings. The minimum absolute atomic E-state index is 0.0755. The SMILES string of the molecule is C=C1C=C(C2(C(F)(F)F)CC(c3ccc(N4CN=CN4)c(C#N)c3)=NO2)C=C(Cl)[CH+]1. The Morgan fingerprint density at radius 2 is 2.17 bits per heavy atom. The number of oxime groups is 1. The van der Waals surface area contributed by atoms with Crippen LogP contribution in [0.3, 0.4) is 0 Å². The summed E-state index contributed by atoms with van der Waals surface area (Å²) in [6.45, 7) is 3.99. The maximum Gasteiger partial charge on any atom is 0.437 e.